The van der Waals surface area contributed by atoms with Gasteiger partial charge in [0.25, 0.3) is 0 Å². The Morgan fingerprint density at radius 2 is 0.902 bits per heavy atom. The van der Waals surface area contributed by atoms with Crippen LogP contribution < -0.4 is 0 Å². The van der Waals surface area contributed by atoms with Crippen molar-refractivity contribution in [2.24, 2.45) is 0 Å². The van der Waals surface area contributed by atoms with Crippen molar-refractivity contribution in [2.45, 2.75) is 102 Å². The van der Waals surface area contributed by atoms with Gasteiger partial charge in [0.15, 0.2) is 0 Å². The Bertz CT molecular complexity index is 2020. The smallest absolute Gasteiger partial charge is 0.107 e. The third-order valence-corrected chi connectivity index (χ3v) is 17.0. The number of hydrogen-bond acceptors (Lipinski definition) is 2. The molecule has 0 fully saturated rings. The molecule has 0 saturated carbocycles. The van der Waals surface area contributed by atoms with Crippen LogP contribution in [-0.2, 0) is 12.8 Å². The standard InChI is InChI=1S/C48H52O2Si/c1-29(2)33-17-21-35(22-18-33)37-11-9-13-39-41(37)27-43(45-25-15-31(5)49-45)47(39)51(7,8)48-40-14-10-12-38(36-23-19-34(20-24-36)30(3)4)42(40)28-44(48)46-26-16-32(6)50-46/h9-26,29-30,43-44,47-48H,27-28H2,1-8H3. The lowest BCUT2D eigenvalue weighted by Crippen LogP contribution is -2.45. The first kappa shape index (κ1) is 33.8. The average Bonchev–Trinajstić information content (AvgIpc) is 3.92. The monoisotopic (exact) mass is 688 g/mol. The molecule has 0 N–H and O–H groups in total. The van der Waals surface area contributed by atoms with E-state index in [0.717, 1.165) is 35.9 Å². The molecule has 4 atom stereocenters. The lowest BCUT2D eigenvalue weighted by Gasteiger charge is -2.42. The molecule has 51 heavy (non-hydrogen) atoms. The van der Waals surface area contributed by atoms with Crippen LogP contribution in [0.25, 0.3) is 22.3 Å². The minimum absolute atomic E-state index is 0.293. The van der Waals surface area contributed by atoms with Crippen LogP contribution >= 0.6 is 0 Å². The van der Waals surface area contributed by atoms with Gasteiger partial charge in [-0.25, -0.2) is 0 Å². The van der Waals surface area contributed by atoms with Crippen molar-refractivity contribution < 1.29 is 8.83 Å². The Morgan fingerprint density at radius 1 is 0.510 bits per heavy atom. The molecule has 2 aliphatic rings. The van der Waals surface area contributed by atoms with E-state index in [1.807, 2.05) is 0 Å². The van der Waals surface area contributed by atoms with Crippen molar-refractivity contribution in [1.29, 1.82) is 0 Å². The van der Waals surface area contributed by atoms with E-state index in [-0.39, 0.29) is 0 Å². The number of furan rings is 2. The predicted molar refractivity (Wildman–Crippen MR) is 215 cm³/mol. The summed E-state index contributed by atoms with van der Waals surface area (Å²) in [4.78, 5) is 0. The molecule has 6 aromatic rings. The van der Waals surface area contributed by atoms with Crippen molar-refractivity contribution in [3.8, 4) is 22.3 Å². The van der Waals surface area contributed by atoms with Gasteiger partial charge in [-0.05, 0) is 130 Å². The molecule has 8 rings (SSSR count). The number of hydrogen-bond donors (Lipinski definition) is 0. The first-order chi connectivity index (χ1) is 24.5. The van der Waals surface area contributed by atoms with Crippen molar-refractivity contribution in [2.75, 3.05) is 0 Å². The minimum atomic E-state index is -2.23. The quantitative estimate of drug-likeness (QED) is 0.149. The Kier molecular flexibility index (Phi) is 8.62. The molecule has 0 bridgehead atoms. The van der Waals surface area contributed by atoms with E-state index in [1.54, 1.807) is 0 Å². The fourth-order valence-corrected chi connectivity index (χ4v) is 15.0. The van der Waals surface area contributed by atoms with Crippen molar-refractivity contribution in [3.63, 3.8) is 0 Å². The van der Waals surface area contributed by atoms with Gasteiger partial charge in [-0.2, -0.15) is 0 Å². The second-order valence-corrected chi connectivity index (χ2v) is 21.5. The number of fused-ring (bicyclic) bond motifs is 2. The summed E-state index contributed by atoms with van der Waals surface area (Å²) in [5, 5.41) is 0. The molecule has 2 heterocycles. The number of benzene rings is 4. The molecular weight excluding hydrogens is 637 g/mol. The fourth-order valence-electron chi connectivity index (χ4n) is 9.86. The number of aryl methyl sites for hydroxylation is 2. The molecule has 0 radical (unpaired) electrons. The average molecular weight is 689 g/mol. The molecule has 2 aromatic heterocycles. The van der Waals surface area contributed by atoms with E-state index in [0.29, 0.717) is 34.8 Å². The minimum Gasteiger partial charge on any atom is -0.466 e. The summed E-state index contributed by atoms with van der Waals surface area (Å²) in [6.07, 6.45) is 2.00. The second kappa shape index (κ2) is 13.0. The van der Waals surface area contributed by atoms with E-state index < -0.39 is 8.07 Å². The van der Waals surface area contributed by atoms with Crippen LogP contribution in [0.1, 0.15) is 119 Å². The van der Waals surface area contributed by atoms with Crippen molar-refractivity contribution in [3.05, 3.63) is 166 Å². The summed E-state index contributed by atoms with van der Waals surface area (Å²) in [5.41, 5.74) is 15.0. The fraction of sp³-hybridized carbons (Fsp3) is 0.333. The topological polar surface area (TPSA) is 26.3 Å². The second-order valence-electron chi connectivity index (χ2n) is 16.6. The molecule has 3 heteroatoms. The largest absolute Gasteiger partial charge is 0.466 e. The van der Waals surface area contributed by atoms with Gasteiger partial charge in [0.1, 0.15) is 23.0 Å². The summed E-state index contributed by atoms with van der Waals surface area (Å²) in [5.74, 6) is 5.88. The van der Waals surface area contributed by atoms with E-state index >= 15 is 0 Å². The number of rotatable bonds is 8. The van der Waals surface area contributed by atoms with Crippen LogP contribution in [0.3, 0.4) is 0 Å². The first-order valence-electron chi connectivity index (χ1n) is 19.1. The lowest BCUT2D eigenvalue weighted by molar-refractivity contribution is 0.429. The van der Waals surface area contributed by atoms with Crippen LogP contribution in [0.15, 0.2) is 118 Å². The molecule has 4 aromatic carbocycles. The molecule has 2 nitrogen and oxygen atoms in total. The first-order valence-corrected chi connectivity index (χ1v) is 22.2. The Balaban J connectivity index is 1.29. The van der Waals surface area contributed by atoms with Gasteiger partial charge in [-0.15, -0.1) is 0 Å². The maximum Gasteiger partial charge on any atom is 0.107 e. The maximum absolute atomic E-state index is 6.57. The van der Waals surface area contributed by atoms with Gasteiger partial charge in [-0.3, -0.25) is 0 Å². The normalized spacial score (nSPS) is 20.0. The van der Waals surface area contributed by atoms with Crippen LogP contribution in [0, 0.1) is 13.8 Å². The van der Waals surface area contributed by atoms with E-state index in [4.69, 9.17) is 8.83 Å². The summed E-state index contributed by atoms with van der Waals surface area (Å²) in [7, 11) is -2.23. The van der Waals surface area contributed by atoms with Gasteiger partial charge in [0.2, 0.25) is 0 Å². The molecule has 2 aliphatic carbocycles. The molecular formula is C48H52O2Si. The van der Waals surface area contributed by atoms with E-state index in [9.17, 15) is 0 Å². The Labute approximate surface area is 306 Å². The molecule has 0 saturated heterocycles. The van der Waals surface area contributed by atoms with Gasteiger partial charge >= 0.3 is 0 Å². The SMILES string of the molecule is Cc1ccc(C2Cc3c(-c4ccc(C(C)C)cc4)cccc3C2[Si](C)(C)C2c3cccc(-c4ccc(C(C)C)cc4)c3CC2c2ccc(C)o2)o1. The zero-order valence-electron chi connectivity index (χ0n) is 31.6. The summed E-state index contributed by atoms with van der Waals surface area (Å²) < 4.78 is 13.1. The summed E-state index contributed by atoms with van der Waals surface area (Å²) in [6, 6.07) is 41.7. The van der Waals surface area contributed by atoms with Crippen LogP contribution in [0.2, 0.25) is 13.1 Å². The van der Waals surface area contributed by atoms with Gasteiger partial charge < -0.3 is 8.83 Å². The molecule has 0 aliphatic heterocycles. The zero-order valence-corrected chi connectivity index (χ0v) is 32.6. The third kappa shape index (κ3) is 5.88. The Hall–Kier alpha value is -4.34. The lowest BCUT2D eigenvalue weighted by atomic mass is 9.94. The van der Waals surface area contributed by atoms with Crippen LogP contribution in [-0.4, -0.2) is 8.07 Å². The summed E-state index contributed by atoms with van der Waals surface area (Å²) in [6.45, 7) is 18.6. The van der Waals surface area contributed by atoms with E-state index in [2.05, 4.69) is 164 Å². The molecule has 260 valence electrons. The molecule has 0 spiro atoms. The summed E-state index contributed by atoms with van der Waals surface area (Å²) >= 11 is 0. The highest BCUT2D eigenvalue weighted by molar-refractivity contribution is 6.80. The highest BCUT2D eigenvalue weighted by atomic mass is 28.3. The van der Waals surface area contributed by atoms with E-state index in [1.165, 1.54) is 55.6 Å². The van der Waals surface area contributed by atoms with Gasteiger partial charge in [0, 0.05) is 11.8 Å². The van der Waals surface area contributed by atoms with Crippen molar-refractivity contribution >= 4 is 8.07 Å². The third-order valence-electron chi connectivity index (χ3n) is 12.4. The zero-order chi connectivity index (χ0) is 35.6. The molecule has 0 amide bonds. The molecule has 4 unspecified atom stereocenters. The van der Waals surface area contributed by atoms with Gasteiger partial charge in [0.05, 0.1) is 8.07 Å². The highest BCUT2D eigenvalue weighted by Crippen LogP contribution is 2.60. The highest BCUT2D eigenvalue weighted by Gasteiger charge is 2.54. The van der Waals surface area contributed by atoms with Crippen molar-refractivity contribution in [1.82, 2.24) is 0 Å². The van der Waals surface area contributed by atoms with Crippen LogP contribution in [0.4, 0.5) is 0 Å². The van der Waals surface area contributed by atoms with Crippen LogP contribution in [0.5, 0.6) is 0 Å². The Morgan fingerprint density at radius 3 is 1.24 bits per heavy atom. The van der Waals surface area contributed by atoms with Gasteiger partial charge in [-0.1, -0.05) is 126 Å². The predicted octanol–water partition coefficient (Wildman–Crippen LogP) is 13.4. The maximum atomic E-state index is 6.57.